The Balaban J connectivity index is 2.01. The van der Waals surface area contributed by atoms with Crippen molar-refractivity contribution in [2.24, 2.45) is 11.8 Å². The molecule has 1 heterocycles. The molecule has 1 aromatic rings. The molecule has 0 bridgehead atoms. The predicted octanol–water partition coefficient (Wildman–Crippen LogP) is 2.25. The van der Waals surface area contributed by atoms with Crippen LogP contribution in [0.5, 0.6) is 0 Å². The monoisotopic (exact) mass is 384 g/mol. The summed E-state index contributed by atoms with van der Waals surface area (Å²) < 4.78 is 5.46. The number of carbonyl (C=O) groups excluding carboxylic acids is 2. The minimum atomic E-state index is -1.02. The second kappa shape index (κ2) is 6.99. The molecule has 0 aromatic carbocycles. The summed E-state index contributed by atoms with van der Waals surface area (Å²) in [6.07, 6.45) is 0.690. The number of allylic oxidation sites excluding steroid dienone is 2. The van der Waals surface area contributed by atoms with E-state index >= 15 is 0 Å². The molecule has 0 radical (unpaired) electrons. The van der Waals surface area contributed by atoms with E-state index in [1.165, 1.54) is 6.07 Å². The molecule has 7 nitrogen and oxygen atoms in total. The van der Waals surface area contributed by atoms with Crippen molar-refractivity contribution in [2.75, 3.05) is 0 Å². The molecule has 8 heteroatoms. The number of aliphatic carboxylic acids is 1. The molecule has 0 saturated carbocycles. The van der Waals surface area contributed by atoms with Gasteiger partial charge in [0, 0.05) is 0 Å². The van der Waals surface area contributed by atoms with Crippen LogP contribution in [0.2, 0.25) is 0 Å². The first-order valence-electron chi connectivity index (χ1n) is 7.03. The van der Waals surface area contributed by atoms with Crippen LogP contribution in [0.3, 0.4) is 0 Å². The third kappa shape index (κ3) is 4.01. The lowest BCUT2D eigenvalue weighted by atomic mass is 9.76. The first-order chi connectivity index (χ1) is 10.8. The summed E-state index contributed by atoms with van der Waals surface area (Å²) >= 11 is 3.07. The predicted molar refractivity (Wildman–Crippen MR) is 84.2 cm³/mol. The molecule has 23 heavy (non-hydrogen) atoms. The third-order valence-electron chi connectivity index (χ3n) is 4.02. The molecule has 0 saturated heterocycles. The van der Waals surface area contributed by atoms with E-state index in [2.05, 4.69) is 26.8 Å². The smallest absolute Gasteiger partial charge is 0.307 e. The van der Waals surface area contributed by atoms with E-state index in [9.17, 15) is 19.5 Å². The number of hydrogen-bond donors (Lipinski definition) is 3. The van der Waals surface area contributed by atoms with Crippen LogP contribution in [-0.4, -0.2) is 22.9 Å². The molecule has 124 valence electrons. The van der Waals surface area contributed by atoms with Crippen molar-refractivity contribution in [3.63, 3.8) is 0 Å². The van der Waals surface area contributed by atoms with Crippen molar-refractivity contribution in [1.82, 2.24) is 10.9 Å². The van der Waals surface area contributed by atoms with Gasteiger partial charge in [0.05, 0.1) is 11.8 Å². The Kier molecular flexibility index (Phi) is 5.25. The first kappa shape index (κ1) is 17.3. The summed E-state index contributed by atoms with van der Waals surface area (Å²) in [5.41, 5.74) is 6.51. The van der Waals surface area contributed by atoms with Crippen LogP contribution < -0.4 is 10.9 Å². The number of furan rings is 1. The van der Waals surface area contributed by atoms with Crippen molar-refractivity contribution >= 4 is 33.7 Å². The first-order valence-corrected chi connectivity index (χ1v) is 7.82. The zero-order valence-corrected chi connectivity index (χ0v) is 14.3. The SMILES string of the molecule is CC1=C(C)C[C@H](C(=O)NNC(=O)c2ccc(Br)o2)[C@@H](C(=O)O)C1. The Hall–Kier alpha value is -2.09. The number of carbonyl (C=O) groups is 3. The molecule has 2 atom stereocenters. The van der Waals surface area contributed by atoms with Gasteiger partial charge in [0.2, 0.25) is 5.91 Å². The van der Waals surface area contributed by atoms with Crippen LogP contribution >= 0.6 is 15.9 Å². The summed E-state index contributed by atoms with van der Waals surface area (Å²) in [5.74, 6) is -3.65. The molecule has 0 aliphatic heterocycles. The summed E-state index contributed by atoms with van der Waals surface area (Å²) in [4.78, 5) is 35.4. The number of nitrogens with one attached hydrogen (secondary N) is 2. The number of carboxylic acid groups (broad SMARTS) is 1. The van der Waals surface area contributed by atoms with E-state index in [1.54, 1.807) is 6.07 Å². The maximum atomic E-state index is 12.3. The normalized spacial score (nSPS) is 21.0. The standard InChI is InChI=1S/C15H17BrN2O5/c1-7-5-9(10(15(21)22)6-8(7)2)13(19)17-18-14(20)11-3-4-12(16)23-11/h3-4,9-10H,5-6H2,1-2H3,(H,17,19)(H,18,20)(H,21,22)/t9-,10-/m0/s1. The summed E-state index contributed by atoms with van der Waals surface area (Å²) in [6, 6.07) is 3.00. The van der Waals surface area contributed by atoms with Crippen molar-refractivity contribution in [3.8, 4) is 0 Å². The number of rotatable bonds is 3. The number of amides is 2. The Morgan fingerprint density at radius 2 is 1.74 bits per heavy atom. The molecule has 0 spiro atoms. The van der Waals surface area contributed by atoms with E-state index in [-0.39, 0.29) is 5.76 Å². The molecule has 3 N–H and O–H groups in total. The minimum absolute atomic E-state index is 0.0301. The van der Waals surface area contributed by atoms with Gasteiger partial charge in [0.25, 0.3) is 0 Å². The van der Waals surface area contributed by atoms with Crippen molar-refractivity contribution < 1.29 is 23.9 Å². The Morgan fingerprint density at radius 1 is 1.13 bits per heavy atom. The zero-order chi connectivity index (χ0) is 17.1. The van der Waals surface area contributed by atoms with Crippen LogP contribution in [0, 0.1) is 11.8 Å². The Labute approximate surface area is 141 Å². The molecular formula is C15H17BrN2O5. The van der Waals surface area contributed by atoms with Crippen molar-refractivity contribution in [2.45, 2.75) is 26.7 Å². The van der Waals surface area contributed by atoms with E-state index in [0.29, 0.717) is 17.5 Å². The lowest BCUT2D eigenvalue weighted by Gasteiger charge is -2.29. The highest BCUT2D eigenvalue weighted by Gasteiger charge is 2.37. The van der Waals surface area contributed by atoms with Gasteiger partial charge in [-0.05, 0) is 54.8 Å². The van der Waals surface area contributed by atoms with E-state index < -0.39 is 29.6 Å². The van der Waals surface area contributed by atoms with E-state index in [4.69, 9.17) is 4.42 Å². The average Bonchev–Trinajstić information content (AvgIpc) is 2.93. The summed E-state index contributed by atoms with van der Waals surface area (Å²) in [5, 5.41) is 9.31. The maximum absolute atomic E-state index is 12.3. The van der Waals surface area contributed by atoms with E-state index in [1.807, 2.05) is 13.8 Å². The fourth-order valence-corrected chi connectivity index (χ4v) is 2.84. The number of hydrazine groups is 1. The molecule has 1 aromatic heterocycles. The van der Waals surface area contributed by atoms with Gasteiger partial charge in [-0.15, -0.1) is 0 Å². The molecule has 1 aliphatic rings. The molecule has 1 aliphatic carbocycles. The van der Waals surface area contributed by atoms with Gasteiger partial charge in [0.1, 0.15) is 0 Å². The Bertz CT molecular complexity index is 679. The lowest BCUT2D eigenvalue weighted by molar-refractivity contribution is -0.147. The highest BCUT2D eigenvalue weighted by atomic mass is 79.9. The number of halogens is 1. The van der Waals surface area contributed by atoms with Crippen LogP contribution in [0.4, 0.5) is 0 Å². The average molecular weight is 385 g/mol. The minimum Gasteiger partial charge on any atom is -0.481 e. The molecule has 0 fully saturated rings. The largest absolute Gasteiger partial charge is 0.481 e. The van der Waals surface area contributed by atoms with Gasteiger partial charge in [-0.25, -0.2) is 0 Å². The fraction of sp³-hybridized carbons (Fsp3) is 0.400. The van der Waals surface area contributed by atoms with Crippen LogP contribution in [-0.2, 0) is 9.59 Å². The third-order valence-corrected chi connectivity index (χ3v) is 4.44. The van der Waals surface area contributed by atoms with Crippen molar-refractivity contribution in [3.05, 3.63) is 33.7 Å². The van der Waals surface area contributed by atoms with Gasteiger partial charge in [-0.2, -0.15) is 0 Å². The van der Waals surface area contributed by atoms with E-state index in [0.717, 1.165) is 11.1 Å². The number of hydrogen-bond acceptors (Lipinski definition) is 4. The topological polar surface area (TPSA) is 109 Å². The molecule has 2 amide bonds. The lowest BCUT2D eigenvalue weighted by Crippen LogP contribution is -2.48. The van der Waals surface area contributed by atoms with Gasteiger partial charge in [-0.1, -0.05) is 11.1 Å². The van der Waals surface area contributed by atoms with Gasteiger partial charge >= 0.3 is 11.9 Å². The quantitative estimate of drug-likeness (QED) is 0.546. The highest BCUT2D eigenvalue weighted by molar-refractivity contribution is 9.10. The second-order valence-electron chi connectivity index (χ2n) is 5.57. The fourth-order valence-electron chi connectivity index (χ4n) is 2.54. The zero-order valence-electron chi connectivity index (χ0n) is 12.7. The van der Waals surface area contributed by atoms with Gasteiger partial charge in [-0.3, -0.25) is 25.2 Å². The summed E-state index contributed by atoms with van der Waals surface area (Å²) in [7, 11) is 0. The van der Waals surface area contributed by atoms with Crippen LogP contribution in [0.15, 0.2) is 32.4 Å². The van der Waals surface area contributed by atoms with Crippen LogP contribution in [0.1, 0.15) is 37.2 Å². The van der Waals surface area contributed by atoms with Gasteiger partial charge < -0.3 is 9.52 Å². The van der Waals surface area contributed by atoms with Crippen LogP contribution in [0.25, 0.3) is 0 Å². The summed E-state index contributed by atoms with van der Waals surface area (Å²) in [6.45, 7) is 3.75. The second-order valence-corrected chi connectivity index (χ2v) is 6.35. The highest BCUT2D eigenvalue weighted by Crippen LogP contribution is 2.34. The maximum Gasteiger partial charge on any atom is 0.307 e. The molecule has 2 rings (SSSR count). The number of carboxylic acids is 1. The van der Waals surface area contributed by atoms with Crippen molar-refractivity contribution in [1.29, 1.82) is 0 Å². The Morgan fingerprint density at radius 3 is 2.26 bits per heavy atom. The molecular weight excluding hydrogens is 368 g/mol. The molecule has 0 unspecified atom stereocenters. The van der Waals surface area contributed by atoms with Gasteiger partial charge in [0.15, 0.2) is 10.4 Å².